The van der Waals surface area contributed by atoms with Gasteiger partial charge in [-0.25, -0.2) is 27.2 Å². The standard InChI is InChI=1S/C21H26N8O3S/c1-11-16-10-28(33(2,31)32)8-13(16)3-17(11)27-19-15(20(22)30)7-26-29-9-12(4-18(19)29)14-5-24-21(23)25-6-14/h4-7,9,11,13,16-17,27H,3,8,10H2,1-2H3,(H2,22,30)(H2,23,24,25). The summed E-state index contributed by atoms with van der Waals surface area (Å²) >= 11 is 0. The van der Waals surface area contributed by atoms with Crippen molar-refractivity contribution in [1.29, 1.82) is 0 Å². The third-order valence-corrected chi connectivity index (χ3v) is 8.27. The van der Waals surface area contributed by atoms with Crippen molar-refractivity contribution in [2.75, 3.05) is 30.4 Å². The minimum Gasteiger partial charge on any atom is -0.380 e. The summed E-state index contributed by atoms with van der Waals surface area (Å²) in [5, 5.41) is 7.91. The molecule has 0 aromatic carbocycles. The van der Waals surface area contributed by atoms with Crippen molar-refractivity contribution in [3.05, 3.63) is 36.4 Å². The summed E-state index contributed by atoms with van der Waals surface area (Å²) in [7, 11) is -3.20. The second kappa shape index (κ2) is 7.66. The molecule has 4 atom stereocenters. The molecular formula is C21H26N8O3S. The second-order valence-corrected chi connectivity index (χ2v) is 11.0. The molecule has 3 aromatic heterocycles. The van der Waals surface area contributed by atoms with E-state index in [1.54, 1.807) is 21.2 Å². The third kappa shape index (κ3) is 3.78. The Hall–Kier alpha value is -3.25. The number of rotatable bonds is 5. The maximum atomic E-state index is 12.2. The van der Waals surface area contributed by atoms with Crippen molar-refractivity contribution >= 4 is 33.1 Å². The van der Waals surface area contributed by atoms with Crippen LogP contribution in [0.15, 0.2) is 30.9 Å². The third-order valence-electron chi connectivity index (χ3n) is 7.03. The molecule has 2 fully saturated rings. The van der Waals surface area contributed by atoms with Crippen molar-refractivity contribution in [2.24, 2.45) is 23.5 Å². The number of amides is 1. The minimum atomic E-state index is -3.20. The Bertz CT molecular complexity index is 1340. The predicted molar refractivity (Wildman–Crippen MR) is 124 cm³/mol. The van der Waals surface area contributed by atoms with Crippen LogP contribution in [0, 0.1) is 17.8 Å². The Morgan fingerprint density at radius 2 is 1.91 bits per heavy atom. The molecule has 1 saturated heterocycles. The first kappa shape index (κ1) is 21.6. The summed E-state index contributed by atoms with van der Waals surface area (Å²) in [6.45, 7) is 3.20. The fraction of sp³-hybridized carbons (Fsp3) is 0.429. The molecule has 12 heteroatoms. The molecule has 4 unspecified atom stereocenters. The van der Waals surface area contributed by atoms with Crippen LogP contribution in [0.5, 0.6) is 0 Å². The zero-order valence-electron chi connectivity index (χ0n) is 18.3. The molecule has 1 aliphatic heterocycles. The highest BCUT2D eigenvalue weighted by atomic mass is 32.2. The SMILES string of the molecule is CC1C(Nc2c(C(N)=O)cnn3cc(-c4cnc(N)nc4)cc23)CC2CN(S(C)(=O)=O)CC21. The molecule has 5 N–H and O–H groups in total. The van der Waals surface area contributed by atoms with Gasteiger partial charge in [0.25, 0.3) is 5.91 Å². The fourth-order valence-corrected chi connectivity index (χ4v) is 6.13. The van der Waals surface area contributed by atoms with Crippen molar-refractivity contribution in [3.63, 3.8) is 0 Å². The monoisotopic (exact) mass is 470 g/mol. The van der Waals surface area contributed by atoms with Gasteiger partial charge in [-0.3, -0.25) is 4.79 Å². The second-order valence-electron chi connectivity index (χ2n) is 9.04. The highest BCUT2D eigenvalue weighted by molar-refractivity contribution is 7.88. The Labute approximate surface area is 191 Å². The predicted octanol–water partition coefficient (Wildman–Crippen LogP) is 0.800. The van der Waals surface area contributed by atoms with E-state index in [-0.39, 0.29) is 29.7 Å². The van der Waals surface area contributed by atoms with Crippen LogP contribution in [-0.2, 0) is 10.0 Å². The highest BCUT2D eigenvalue weighted by Crippen LogP contribution is 2.44. The molecule has 4 heterocycles. The van der Waals surface area contributed by atoms with Crippen LogP contribution in [0.25, 0.3) is 16.6 Å². The number of carbonyl (C=O) groups excluding carboxylic acids is 1. The van der Waals surface area contributed by atoms with Crippen molar-refractivity contribution in [3.8, 4) is 11.1 Å². The molecule has 11 nitrogen and oxygen atoms in total. The molecule has 5 rings (SSSR count). The van der Waals surface area contributed by atoms with Gasteiger partial charge in [0.15, 0.2) is 0 Å². The van der Waals surface area contributed by atoms with Crippen molar-refractivity contribution in [2.45, 2.75) is 19.4 Å². The lowest BCUT2D eigenvalue weighted by Crippen LogP contribution is -2.33. The van der Waals surface area contributed by atoms with E-state index in [1.165, 1.54) is 12.5 Å². The van der Waals surface area contributed by atoms with Gasteiger partial charge in [0.2, 0.25) is 16.0 Å². The summed E-state index contributed by atoms with van der Waals surface area (Å²) in [4.78, 5) is 20.3. The zero-order chi connectivity index (χ0) is 23.5. The number of nitrogens with zero attached hydrogens (tertiary/aromatic N) is 5. The number of hydrogen-bond donors (Lipinski definition) is 3. The highest BCUT2D eigenvalue weighted by Gasteiger charge is 2.48. The van der Waals surface area contributed by atoms with Gasteiger partial charge in [0.1, 0.15) is 0 Å². The van der Waals surface area contributed by atoms with E-state index in [0.29, 0.717) is 29.9 Å². The summed E-state index contributed by atoms with van der Waals surface area (Å²) < 4.78 is 27.2. The van der Waals surface area contributed by atoms with Crippen LogP contribution in [0.2, 0.25) is 0 Å². The number of nitrogens with two attached hydrogens (primary N) is 2. The van der Waals surface area contributed by atoms with Crippen LogP contribution >= 0.6 is 0 Å². The average molecular weight is 471 g/mol. The number of hydrogen-bond acceptors (Lipinski definition) is 8. The van der Waals surface area contributed by atoms with E-state index in [1.807, 2.05) is 12.3 Å². The molecule has 1 amide bonds. The Morgan fingerprint density at radius 1 is 1.18 bits per heavy atom. The number of sulfonamides is 1. The number of primary amides is 1. The van der Waals surface area contributed by atoms with Gasteiger partial charge >= 0.3 is 0 Å². The van der Waals surface area contributed by atoms with E-state index in [2.05, 4.69) is 27.3 Å². The fourth-order valence-electron chi connectivity index (χ4n) is 5.23. The van der Waals surface area contributed by atoms with Gasteiger partial charge in [-0.15, -0.1) is 0 Å². The lowest BCUT2D eigenvalue weighted by atomic mass is 9.93. The molecule has 0 bridgehead atoms. The zero-order valence-corrected chi connectivity index (χ0v) is 19.2. The number of nitrogen functional groups attached to an aromatic ring is 1. The number of fused-ring (bicyclic) bond motifs is 2. The number of nitrogens with one attached hydrogen (secondary N) is 1. The molecule has 174 valence electrons. The van der Waals surface area contributed by atoms with Crippen LogP contribution in [-0.4, -0.2) is 63.6 Å². The number of anilines is 2. The Kier molecular flexibility index (Phi) is 5.01. The lowest BCUT2D eigenvalue weighted by molar-refractivity contribution is 0.100. The Balaban J connectivity index is 1.48. The van der Waals surface area contributed by atoms with E-state index < -0.39 is 15.9 Å². The first-order chi connectivity index (χ1) is 15.6. The van der Waals surface area contributed by atoms with Crippen molar-refractivity contribution in [1.82, 2.24) is 23.9 Å². The van der Waals surface area contributed by atoms with E-state index in [4.69, 9.17) is 11.5 Å². The van der Waals surface area contributed by atoms with Gasteiger partial charge in [0.05, 0.1) is 29.2 Å². The minimum absolute atomic E-state index is 0.0733. The maximum Gasteiger partial charge on any atom is 0.252 e. The molecule has 2 aliphatic rings. The van der Waals surface area contributed by atoms with Gasteiger partial charge in [-0.05, 0) is 30.2 Å². The topological polar surface area (TPSA) is 162 Å². The quantitative estimate of drug-likeness (QED) is 0.493. The molecular weight excluding hydrogens is 444 g/mol. The van der Waals surface area contributed by atoms with Gasteiger partial charge in [-0.2, -0.15) is 5.10 Å². The van der Waals surface area contributed by atoms with E-state index in [0.717, 1.165) is 17.5 Å². The number of aromatic nitrogens is 4. The summed E-state index contributed by atoms with van der Waals surface area (Å²) in [6.07, 6.45) is 8.63. The normalized spacial score (nSPS) is 25.4. The van der Waals surface area contributed by atoms with Crippen molar-refractivity contribution < 1.29 is 13.2 Å². The molecule has 3 aromatic rings. The van der Waals surface area contributed by atoms with Gasteiger partial charge in [0, 0.05) is 48.8 Å². The van der Waals surface area contributed by atoms with Crippen LogP contribution < -0.4 is 16.8 Å². The molecule has 33 heavy (non-hydrogen) atoms. The average Bonchev–Trinajstić information content (AvgIpc) is 3.43. The van der Waals surface area contributed by atoms with Crippen LogP contribution in [0.3, 0.4) is 0 Å². The number of carbonyl (C=O) groups is 1. The van der Waals surface area contributed by atoms with Crippen LogP contribution in [0.4, 0.5) is 11.6 Å². The molecule has 0 radical (unpaired) electrons. The van der Waals surface area contributed by atoms with Gasteiger partial charge in [-0.1, -0.05) is 6.92 Å². The summed E-state index contributed by atoms with van der Waals surface area (Å²) in [5.74, 6) is 0.378. The molecule has 1 saturated carbocycles. The summed E-state index contributed by atoms with van der Waals surface area (Å²) in [6, 6.07) is 1.98. The Morgan fingerprint density at radius 3 is 2.55 bits per heavy atom. The first-order valence-corrected chi connectivity index (χ1v) is 12.6. The summed E-state index contributed by atoms with van der Waals surface area (Å²) in [5.41, 5.74) is 14.5. The molecule has 1 aliphatic carbocycles. The van der Waals surface area contributed by atoms with E-state index >= 15 is 0 Å². The lowest BCUT2D eigenvalue weighted by Gasteiger charge is -2.25. The first-order valence-electron chi connectivity index (χ1n) is 10.7. The molecule has 0 spiro atoms. The largest absolute Gasteiger partial charge is 0.380 e. The smallest absolute Gasteiger partial charge is 0.252 e. The van der Waals surface area contributed by atoms with Gasteiger partial charge < -0.3 is 16.8 Å². The van der Waals surface area contributed by atoms with Crippen LogP contribution in [0.1, 0.15) is 23.7 Å². The maximum absolute atomic E-state index is 12.2. The van der Waals surface area contributed by atoms with E-state index in [9.17, 15) is 13.2 Å².